The molecule has 8 N–H and O–H groups in total. The smallest absolute Gasteiger partial charge is 0.271 e. The highest BCUT2D eigenvalue weighted by molar-refractivity contribution is 7.13. The molecule has 0 saturated carbocycles. The summed E-state index contributed by atoms with van der Waals surface area (Å²) in [7, 11) is 1.56. The number of carbonyl (C=O) groups excluding carboxylic acids is 3. The van der Waals surface area contributed by atoms with Gasteiger partial charge in [-0.05, 0) is 79.5 Å². The van der Waals surface area contributed by atoms with E-state index in [4.69, 9.17) is 30.6 Å². The lowest BCUT2D eigenvalue weighted by molar-refractivity contribution is -0.116. The highest BCUT2D eigenvalue weighted by Gasteiger charge is 2.26. The first-order chi connectivity index (χ1) is 30.6. The van der Waals surface area contributed by atoms with Crippen LogP contribution in [0.2, 0.25) is 0 Å². The lowest BCUT2D eigenvalue weighted by Crippen LogP contribution is -2.34. The normalized spacial score (nSPS) is 13.3. The lowest BCUT2D eigenvalue weighted by atomic mass is 9.91. The van der Waals surface area contributed by atoms with Crippen LogP contribution < -0.4 is 52.1 Å². The maximum atomic E-state index is 14.6. The maximum absolute atomic E-state index is 14.6. The maximum Gasteiger partial charge on any atom is 0.271 e. The van der Waals surface area contributed by atoms with Crippen LogP contribution in [-0.2, 0) is 11.2 Å². The number of imidazole rings is 1. The first kappa shape index (κ1) is 43.6. The van der Waals surface area contributed by atoms with Gasteiger partial charge in [-0.3, -0.25) is 14.4 Å². The zero-order valence-electron chi connectivity index (χ0n) is 34.3. The van der Waals surface area contributed by atoms with Gasteiger partial charge in [0, 0.05) is 48.2 Å². The molecule has 63 heavy (non-hydrogen) atoms. The van der Waals surface area contributed by atoms with Crippen LogP contribution in [0.4, 0.5) is 15.2 Å². The Bertz CT molecular complexity index is 2600. The van der Waals surface area contributed by atoms with Crippen LogP contribution in [0.1, 0.15) is 50.3 Å². The van der Waals surface area contributed by atoms with E-state index < -0.39 is 11.7 Å². The molecule has 3 heterocycles. The number of ether oxygens (including phenoxy) is 3. The number of rotatable bonds is 19. The average Bonchev–Trinajstić information content (AvgIpc) is 3.94. The molecule has 0 radical (unpaired) electrons. The first-order valence-corrected chi connectivity index (χ1v) is 20.6. The number of benzene rings is 4. The standard InChI is InChI=1S/C44H45FN10O7S/c1-27-51-36(25-55(27)37-8-4-3-7-34(37)53-62-39-10-6-5-9-38(39)59-2)43(58)50-23-30(46)24-54(47)16-17-60-40-19-28-13-14-48-35(22-42(57)52-44-49-15-18-63-44)32(28)21-41(40)61-31-12-11-29(26-56)33(45)20-31/h3-12,15,18-21,24-26,35,48,53H,13-14,16-17,22-23,46-47H2,1-2H3,(H,50,58)(H,49,52,57)/b30-24-. The molecule has 19 heteroatoms. The average molecular weight is 877 g/mol. The van der Waals surface area contributed by atoms with Crippen molar-refractivity contribution in [2.24, 2.45) is 11.6 Å². The minimum Gasteiger partial charge on any atom is -0.493 e. The number of aldehydes is 1. The van der Waals surface area contributed by atoms with E-state index in [0.29, 0.717) is 58.8 Å². The third-order valence-corrected chi connectivity index (χ3v) is 10.5. The molecular formula is C44H45FN10O7S. The molecule has 326 valence electrons. The molecule has 0 bridgehead atoms. The number of amides is 2. The lowest BCUT2D eigenvalue weighted by Gasteiger charge is -2.28. The van der Waals surface area contributed by atoms with E-state index in [0.717, 1.165) is 17.2 Å². The molecule has 1 aliphatic rings. The molecule has 7 rings (SSSR count). The predicted octanol–water partition coefficient (Wildman–Crippen LogP) is 5.80. The number of aromatic nitrogens is 3. The van der Waals surface area contributed by atoms with Crippen molar-refractivity contribution >= 4 is 40.3 Å². The highest BCUT2D eigenvalue weighted by Crippen LogP contribution is 2.39. The number of thiazole rings is 1. The Kier molecular flexibility index (Phi) is 14.1. The molecule has 0 fully saturated rings. The molecule has 0 spiro atoms. The second-order valence-electron chi connectivity index (χ2n) is 14.1. The number of hydrogen-bond donors (Lipinski definition) is 6. The number of halogens is 1. The van der Waals surface area contributed by atoms with E-state index in [1.165, 1.54) is 34.7 Å². The monoisotopic (exact) mass is 876 g/mol. The Morgan fingerprint density at radius 1 is 1.06 bits per heavy atom. The van der Waals surface area contributed by atoms with Crippen LogP contribution in [0.15, 0.2) is 109 Å². The molecule has 2 amide bonds. The largest absolute Gasteiger partial charge is 0.493 e. The number of methoxy groups -OCH3 is 1. The summed E-state index contributed by atoms with van der Waals surface area (Å²) in [6, 6.07) is 21.8. The number of aryl methyl sites for hydroxylation is 1. The molecule has 0 aliphatic carbocycles. The first-order valence-electron chi connectivity index (χ1n) is 19.7. The third kappa shape index (κ3) is 11.1. The number of hydrazine groups is 1. The molecule has 0 saturated heterocycles. The molecule has 4 aromatic carbocycles. The van der Waals surface area contributed by atoms with Crippen LogP contribution in [-0.4, -0.2) is 71.0 Å². The van der Waals surface area contributed by atoms with Crippen LogP contribution in [0.3, 0.4) is 0 Å². The van der Waals surface area contributed by atoms with Crippen molar-refractivity contribution in [3.05, 3.63) is 143 Å². The summed E-state index contributed by atoms with van der Waals surface area (Å²) in [6.45, 7) is 2.62. The zero-order chi connectivity index (χ0) is 44.3. The van der Waals surface area contributed by atoms with Crippen molar-refractivity contribution in [3.63, 3.8) is 0 Å². The molecule has 1 aliphatic heterocycles. The van der Waals surface area contributed by atoms with Gasteiger partial charge in [-0.1, -0.05) is 24.3 Å². The Hall–Kier alpha value is -7.48. The van der Waals surface area contributed by atoms with Gasteiger partial charge in [0.1, 0.15) is 29.7 Å². The van der Waals surface area contributed by atoms with E-state index in [-0.39, 0.29) is 66.5 Å². The summed E-state index contributed by atoms with van der Waals surface area (Å²) in [6.07, 6.45) is 5.91. The van der Waals surface area contributed by atoms with E-state index in [1.807, 2.05) is 42.5 Å². The Morgan fingerprint density at radius 3 is 2.65 bits per heavy atom. The van der Waals surface area contributed by atoms with Gasteiger partial charge in [0.2, 0.25) is 5.91 Å². The van der Waals surface area contributed by atoms with Gasteiger partial charge in [0.05, 0.1) is 37.1 Å². The highest BCUT2D eigenvalue weighted by atomic mass is 32.1. The van der Waals surface area contributed by atoms with Gasteiger partial charge in [0.15, 0.2) is 34.4 Å². The number of para-hydroxylation sites is 4. The fourth-order valence-corrected chi connectivity index (χ4v) is 7.27. The van der Waals surface area contributed by atoms with Crippen LogP contribution in [0.25, 0.3) is 5.69 Å². The Balaban J connectivity index is 0.971. The summed E-state index contributed by atoms with van der Waals surface area (Å²) in [4.78, 5) is 51.8. The van der Waals surface area contributed by atoms with E-state index >= 15 is 0 Å². The van der Waals surface area contributed by atoms with E-state index in [9.17, 15) is 18.8 Å². The molecule has 1 unspecified atom stereocenters. The SMILES string of the molecule is COc1ccccc1ONc1ccccc1-n1cc(C(=O)NC/C(N)=C/N(N)CCOc2cc3c(cc2Oc2ccc(C=O)c(F)c2)C(CC(=O)Nc2nccs2)NCC3)nc1C. The fraction of sp³-hybridized carbons (Fsp3) is 0.205. The van der Waals surface area contributed by atoms with Crippen LogP contribution in [0.5, 0.6) is 28.7 Å². The Morgan fingerprint density at radius 2 is 1.87 bits per heavy atom. The third-order valence-electron chi connectivity index (χ3n) is 9.77. The number of anilines is 2. The van der Waals surface area contributed by atoms with E-state index in [2.05, 4.69) is 31.4 Å². The van der Waals surface area contributed by atoms with Crippen molar-refractivity contribution in [2.45, 2.75) is 25.8 Å². The minimum atomic E-state index is -0.739. The number of fused-ring (bicyclic) bond motifs is 1. The quantitative estimate of drug-likeness (QED) is 0.0322. The molecule has 17 nitrogen and oxygen atoms in total. The zero-order valence-corrected chi connectivity index (χ0v) is 35.1. The number of nitrogens with two attached hydrogens (primary N) is 2. The van der Waals surface area contributed by atoms with Gasteiger partial charge in [-0.2, -0.15) is 0 Å². The molecule has 2 aromatic heterocycles. The molecule has 1 atom stereocenters. The fourth-order valence-electron chi connectivity index (χ4n) is 6.73. The van der Waals surface area contributed by atoms with Gasteiger partial charge < -0.3 is 50.3 Å². The second-order valence-corrected chi connectivity index (χ2v) is 15.0. The number of carbonyl (C=O) groups is 3. The minimum absolute atomic E-state index is 0.0243. The number of hydrogen-bond acceptors (Lipinski definition) is 15. The van der Waals surface area contributed by atoms with Crippen LogP contribution in [0, 0.1) is 12.7 Å². The summed E-state index contributed by atoms with van der Waals surface area (Å²) in [5, 5.41) is 12.6. The van der Waals surface area contributed by atoms with Crippen molar-refractivity contribution in [1.29, 1.82) is 0 Å². The number of nitrogens with zero attached hydrogens (tertiary/aromatic N) is 4. The van der Waals surface area contributed by atoms with Crippen molar-refractivity contribution < 1.29 is 37.8 Å². The summed E-state index contributed by atoms with van der Waals surface area (Å²) in [5.74, 6) is 7.24. The van der Waals surface area contributed by atoms with Crippen molar-refractivity contribution in [2.75, 3.05) is 44.1 Å². The summed E-state index contributed by atoms with van der Waals surface area (Å²) < 4.78 is 34.0. The van der Waals surface area contributed by atoms with Gasteiger partial charge in [-0.25, -0.2) is 25.7 Å². The summed E-state index contributed by atoms with van der Waals surface area (Å²) >= 11 is 1.32. The van der Waals surface area contributed by atoms with Gasteiger partial charge in [-0.15, -0.1) is 11.3 Å². The summed E-state index contributed by atoms with van der Waals surface area (Å²) in [5.41, 5.74) is 12.6. The predicted molar refractivity (Wildman–Crippen MR) is 235 cm³/mol. The topological polar surface area (TPSA) is 222 Å². The van der Waals surface area contributed by atoms with Gasteiger partial charge >= 0.3 is 0 Å². The van der Waals surface area contributed by atoms with Crippen molar-refractivity contribution in [1.82, 2.24) is 30.2 Å². The molecular weight excluding hydrogens is 832 g/mol. The van der Waals surface area contributed by atoms with Gasteiger partial charge in [0.25, 0.3) is 5.91 Å². The van der Waals surface area contributed by atoms with Crippen LogP contribution >= 0.6 is 11.3 Å². The Labute approximate surface area is 365 Å². The molecule has 6 aromatic rings. The van der Waals surface area contributed by atoms with E-state index in [1.54, 1.807) is 54.6 Å². The van der Waals surface area contributed by atoms with Crippen molar-refractivity contribution in [3.8, 4) is 34.4 Å². The number of nitrogens with one attached hydrogen (secondary N) is 4. The second kappa shape index (κ2) is 20.4.